The van der Waals surface area contributed by atoms with Gasteiger partial charge in [-0.3, -0.25) is 4.40 Å². The molecule has 2 N–H and O–H groups in total. The number of nitrogens with zero attached hydrogens (tertiary/aromatic N) is 3. The summed E-state index contributed by atoms with van der Waals surface area (Å²) in [5.74, 6) is 0.736. The first kappa shape index (κ1) is 11.9. The summed E-state index contributed by atoms with van der Waals surface area (Å²) in [6.45, 7) is 0.612. The lowest BCUT2D eigenvalue weighted by Gasteiger charge is -2.01. The molecule has 2 heterocycles. The molecule has 2 aromatic heterocycles. The number of imidazole rings is 1. The standard InChI is InChI=1S/C15H16N4/c16-7-6-14-11-19-10-13(9-17-15(19)18-14)8-12-4-2-1-3-5-12/h1-5,9-11H,6-8,16H2. The second kappa shape index (κ2) is 5.20. The van der Waals surface area contributed by atoms with Crippen molar-refractivity contribution in [3.05, 3.63) is 65.7 Å². The zero-order valence-corrected chi connectivity index (χ0v) is 10.7. The van der Waals surface area contributed by atoms with Crippen molar-refractivity contribution in [1.29, 1.82) is 0 Å². The predicted molar refractivity (Wildman–Crippen MR) is 75.0 cm³/mol. The highest BCUT2D eigenvalue weighted by Gasteiger charge is 2.03. The number of hydrogen-bond donors (Lipinski definition) is 1. The van der Waals surface area contributed by atoms with Gasteiger partial charge in [-0.15, -0.1) is 0 Å². The fourth-order valence-electron chi connectivity index (χ4n) is 2.17. The van der Waals surface area contributed by atoms with Crippen LogP contribution in [0.1, 0.15) is 16.8 Å². The molecule has 0 fully saturated rings. The van der Waals surface area contributed by atoms with Gasteiger partial charge in [0.1, 0.15) is 0 Å². The van der Waals surface area contributed by atoms with E-state index < -0.39 is 0 Å². The van der Waals surface area contributed by atoms with Gasteiger partial charge >= 0.3 is 0 Å². The van der Waals surface area contributed by atoms with Gasteiger partial charge in [-0.2, -0.15) is 0 Å². The Hall–Kier alpha value is -2.20. The molecule has 0 saturated carbocycles. The zero-order chi connectivity index (χ0) is 13.1. The summed E-state index contributed by atoms with van der Waals surface area (Å²) >= 11 is 0. The number of nitrogens with two attached hydrogens (primary N) is 1. The third-order valence-electron chi connectivity index (χ3n) is 3.06. The van der Waals surface area contributed by atoms with Crippen LogP contribution in [0.2, 0.25) is 0 Å². The maximum absolute atomic E-state index is 5.54. The second-order valence-electron chi connectivity index (χ2n) is 4.60. The lowest BCUT2D eigenvalue weighted by molar-refractivity contribution is 0.936. The van der Waals surface area contributed by atoms with Crippen molar-refractivity contribution in [2.75, 3.05) is 6.54 Å². The van der Waals surface area contributed by atoms with Crippen LogP contribution >= 0.6 is 0 Å². The fraction of sp³-hybridized carbons (Fsp3) is 0.200. The van der Waals surface area contributed by atoms with E-state index in [-0.39, 0.29) is 0 Å². The van der Waals surface area contributed by atoms with Crippen LogP contribution < -0.4 is 5.73 Å². The van der Waals surface area contributed by atoms with Crippen molar-refractivity contribution in [1.82, 2.24) is 14.4 Å². The van der Waals surface area contributed by atoms with Crippen LogP contribution in [0, 0.1) is 0 Å². The average Bonchev–Trinajstić information content (AvgIpc) is 2.82. The molecule has 96 valence electrons. The molecule has 1 aromatic carbocycles. The molecule has 0 spiro atoms. The van der Waals surface area contributed by atoms with E-state index in [0.29, 0.717) is 6.54 Å². The van der Waals surface area contributed by atoms with Crippen molar-refractivity contribution >= 4 is 5.78 Å². The third-order valence-corrected chi connectivity index (χ3v) is 3.06. The summed E-state index contributed by atoms with van der Waals surface area (Å²) < 4.78 is 1.98. The summed E-state index contributed by atoms with van der Waals surface area (Å²) in [5.41, 5.74) is 9.00. The van der Waals surface area contributed by atoms with Gasteiger partial charge in [0.2, 0.25) is 5.78 Å². The van der Waals surface area contributed by atoms with Crippen molar-refractivity contribution in [2.24, 2.45) is 5.73 Å². The zero-order valence-electron chi connectivity index (χ0n) is 10.7. The van der Waals surface area contributed by atoms with Crippen molar-refractivity contribution in [3.8, 4) is 0 Å². The van der Waals surface area contributed by atoms with Gasteiger partial charge in [-0.1, -0.05) is 30.3 Å². The topological polar surface area (TPSA) is 56.2 Å². The Bertz CT molecular complexity index is 673. The molecule has 0 amide bonds. The SMILES string of the molecule is NCCc1cn2cc(Cc3ccccc3)cnc2n1. The molecule has 0 radical (unpaired) electrons. The van der Waals surface area contributed by atoms with E-state index in [4.69, 9.17) is 5.73 Å². The molecule has 3 rings (SSSR count). The number of benzene rings is 1. The molecule has 4 nitrogen and oxygen atoms in total. The molecule has 0 aliphatic heterocycles. The Kier molecular flexibility index (Phi) is 3.25. The van der Waals surface area contributed by atoms with Crippen LogP contribution in [0.3, 0.4) is 0 Å². The summed E-state index contributed by atoms with van der Waals surface area (Å²) in [6, 6.07) is 10.4. The lowest BCUT2D eigenvalue weighted by atomic mass is 10.1. The van der Waals surface area contributed by atoms with Crippen molar-refractivity contribution < 1.29 is 0 Å². The van der Waals surface area contributed by atoms with Gasteiger partial charge in [0.05, 0.1) is 5.69 Å². The van der Waals surface area contributed by atoms with Crippen LogP contribution in [-0.2, 0) is 12.8 Å². The van der Waals surface area contributed by atoms with Gasteiger partial charge in [0, 0.05) is 31.4 Å². The van der Waals surface area contributed by atoms with Gasteiger partial charge in [0.15, 0.2) is 0 Å². The van der Waals surface area contributed by atoms with Crippen LogP contribution in [-0.4, -0.2) is 20.9 Å². The molecule has 19 heavy (non-hydrogen) atoms. The van der Waals surface area contributed by atoms with E-state index in [1.165, 1.54) is 11.1 Å². The molecule has 0 unspecified atom stereocenters. The van der Waals surface area contributed by atoms with E-state index >= 15 is 0 Å². The van der Waals surface area contributed by atoms with Crippen LogP contribution in [0.5, 0.6) is 0 Å². The van der Waals surface area contributed by atoms with Gasteiger partial charge in [-0.25, -0.2) is 9.97 Å². The summed E-state index contributed by atoms with van der Waals surface area (Å²) in [4.78, 5) is 8.81. The van der Waals surface area contributed by atoms with Gasteiger partial charge in [-0.05, 0) is 17.7 Å². The minimum absolute atomic E-state index is 0.612. The second-order valence-corrected chi connectivity index (χ2v) is 4.60. The Morgan fingerprint density at radius 1 is 1.05 bits per heavy atom. The number of hydrogen-bond acceptors (Lipinski definition) is 3. The molecule has 0 atom stereocenters. The molecule has 0 aliphatic carbocycles. The smallest absolute Gasteiger partial charge is 0.233 e. The van der Waals surface area contributed by atoms with Crippen LogP contribution in [0.4, 0.5) is 0 Å². The monoisotopic (exact) mass is 252 g/mol. The van der Waals surface area contributed by atoms with E-state index in [2.05, 4.69) is 40.4 Å². The molecule has 0 aliphatic rings. The Balaban J connectivity index is 1.88. The first-order chi connectivity index (χ1) is 9.35. The third kappa shape index (κ3) is 2.63. The number of aromatic nitrogens is 3. The molecule has 3 aromatic rings. The number of fused-ring (bicyclic) bond motifs is 1. The van der Waals surface area contributed by atoms with Crippen molar-refractivity contribution in [2.45, 2.75) is 12.8 Å². The quantitative estimate of drug-likeness (QED) is 0.770. The minimum Gasteiger partial charge on any atom is -0.330 e. The number of rotatable bonds is 4. The van der Waals surface area contributed by atoms with Crippen LogP contribution in [0.25, 0.3) is 5.78 Å². The normalized spacial score (nSPS) is 11.0. The summed E-state index contributed by atoms with van der Waals surface area (Å²) in [7, 11) is 0. The summed E-state index contributed by atoms with van der Waals surface area (Å²) in [5, 5.41) is 0. The highest BCUT2D eigenvalue weighted by Crippen LogP contribution is 2.10. The Labute approximate surface area is 111 Å². The Morgan fingerprint density at radius 3 is 2.68 bits per heavy atom. The van der Waals surface area contributed by atoms with E-state index in [1.54, 1.807) is 0 Å². The molecule has 0 bridgehead atoms. The highest BCUT2D eigenvalue weighted by atomic mass is 15.1. The Morgan fingerprint density at radius 2 is 1.89 bits per heavy atom. The first-order valence-electron chi connectivity index (χ1n) is 6.41. The molecular formula is C15H16N4. The van der Waals surface area contributed by atoms with E-state index in [1.807, 2.05) is 22.9 Å². The maximum atomic E-state index is 5.54. The van der Waals surface area contributed by atoms with Crippen LogP contribution in [0.15, 0.2) is 48.9 Å². The lowest BCUT2D eigenvalue weighted by Crippen LogP contribution is -2.02. The minimum atomic E-state index is 0.612. The van der Waals surface area contributed by atoms with E-state index in [9.17, 15) is 0 Å². The average molecular weight is 252 g/mol. The van der Waals surface area contributed by atoms with E-state index in [0.717, 1.165) is 24.3 Å². The highest BCUT2D eigenvalue weighted by molar-refractivity contribution is 5.33. The fourth-order valence-corrected chi connectivity index (χ4v) is 2.17. The largest absolute Gasteiger partial charge is 0.330 e. The van der Waals surface area contributed by atoms with Crippen molar-refractivity contribution in [3.63, 3.8) is 0 Å². The summed E-state index contributed by atoms with van der Waals surface area (Å²) in [6.07, 6.45) is 7.65. The molecule has 4 heteroatoms. The first-order valence-corrected chi connectivity index (χ1v) is 6.41. The molecule has 0 saturated heterocycles. The van der Waals surface area contributed by atoms with Gasteiger partial charge in [0.25, 0.3) is 0 Å². The predicted octanol–water partition coefficient (Wildman–Crippen LogP) is 1.82. The maximum Gasteiger partial charge on any atom is 0.233 e. The molecular weight excluding hydrogens is 236 g/mol. The van der Waals surface area contributed by atoms with Gasteiger partial charge < -0.3 is 5.73 Å².